The van der Waals surface area contributed by atoms with Crippen LogP contribution in [0.4, 0.5) is 13.2 Å². The summed E-state index contributed by atoms with van der Waals surface area (Å²) in [5, 5.41) is 0. The molecule has 0 saturated heterocycles. The second kappa shape index (κ2) is 8.14. The summed E-state index contributed by atoms with van der Waals surface area (Å²) in [7, 11) is -4.95. The summed E-state index contributed by atoms with van der Waals surface area (Å²) in [4.78, 5) is 11.5. The van der Waals surface area contributed by atoms with E-state index in [9.17, 15) is 26.4 Å². The Bertz CT molecular complexity index is 459. The monoisotopic (exact) mass is 348 g/mol. The molecule has 0 radical (unpaired) electrons. The van der Waals surface area contributed by atoms with Crippen LogP contribution in [0.25, 0.3) is 0 Å². The van der Waals surface area contributed by atoms with E-state index in [4.69, 9.17) is 4.55 Å². The maximum atomic E-state index is 12.9. The molecule has 9 heteroatoms. The summed E-state index contributed by atoms with van der Waals surface area (Å²) in [6.45, 7) is 4.51. The van der Waals surface area contributed by atoms with Crippen molar-refractivity contribution in [1.29, 1.82) is 0 Å². The van der Waals surface area contributed by atoms with Crippen LogP contribution in [0.15, 0.2) is 0 Å². The van der Waals surface area contributed by atoms with E-state index < -0.39 is 33.6 Å². The highest BCUT2D eigenvalue weighted by Crippen LogP contribution is 2.35. The van der Waals surface area contributed by atoms with E-state index in [-0.39, 0.29) is 6.42 Å². The molecule has 0 fully saturated rings. The third-order valence-corrected chi connectivity index (χ3v) is 3.97. The van der Waals surface area contributed by atoms with E-state index >= 15 is 0 Å². The van der Waals surface area contributed by atoms with Crippen LogP contribution in [0.1, 0.15) is 52.9 Å². The summed E-state index contributed by atoms with van der Waals surface area (Å²) in [5.74, 6) is -2.34. The summed E-state index contributed by atoms with van der Waals surface area (Å²) in [6.07, 6.45) is -2.48. The van der Waals surface area contributed by atoms with Gasteiger partial charge in [-0.05, 0) is 19.3 Å². The lowest BCUT2D eigenvalue weighted by Gasteiger charge is -2.30. The molecule has 0 aromatic carbocycles. The molecule has 0 aromatic rings. The SMILES string of the molecule is CC(C)CCCCCC(=O)OC(C)(CS(=O)(=O)O)C(F)(F)F. The molecule has 0 aliphatic carbocycles. The lowest BCUT2D eigenvalue weighted by Crippen LogP contribution is -2.51. The third-order valence-electron chi connectivity index (χ3n) is 3.06. The first-order valence-electron chi connectivity index (χ1n) is 7.00. The van der Waals surface area contributed by atoms with Gasteiger partial charge in [0.2, 0.25) is 5.60 Å². The van der Waals surface area contributed by atoms with Crippen molar-refractivity contribution >= 4 is 16.1 Å². The number of esters is 1. The maximum Gasteiger partial charge on any atom is 0.429 e. The summed E-state index contributed by atoms with van der Waals surface area (Å²) in [6, 6.07) is 0. The smallest absolute Gasteiger partial charge is 0.429 e. The number of unbranched alkanes of at least 4 members (excludes halogenated alkanes) is 2. The van der Waals surface area contributed by atoms with Crippen LogP contribution < -0.4 is 0 Å². The Morgan fingerprint density at radius 2 is 1.73 bits per heavy atom. The Kier molecular flexibility index (Phi) is 7.84. The van der Waals surface area contributed by atoms with Gasteiger partial charge in [0.05, 0.1) is 0 Å². The molecule has 5 nitrogen and oxygen atoms in total. The fourth-order valence-electron chi connectivity index (χ4n) is 1.82. The first-order valence-corrected chi connectivity index (χ1v) is 8.61. The van der Waals surface area contributed by atoms with Gasteiger partial charge in [-0.3, -0.25) is 9.35 Å². The Morgan fingerprint density at radius 1 is 1.18 bits per heavy atom. The van der Waals surface area contributed by atoms with Crippen LogP contribution in [0.2, 0.25) is 0 Å². The Hall–Kier alpha value is -0.830. The quantitative estimate of drug-likeness (QED) is 0.393. The van der Waals surface area contributed by atoms with Crippen molar-refractivity contribution < 1.29 is 35.7 Å². The number of carbonyl (C=O) groups is 1. The summed E-state index contributed by atoms with van der Waals surface area (Å²) < 4.78 is 72.9. The Morgan fingerprint density at radius 3 is 2.14 bits per heavy atom. The van der Waals surface area contributed by atoms with E-state index in [1.807, 2.05) is 13.8 Å². The van der Waals surface area contributed by atoms with Crippen molar-refractivity contribution in [3.8, 4) is 0 Å². The predicted octanol–water partition coefficient (Wildman–Crippen LogP) is 3.34. The Balaban J connectivity index is 4.53. The van der Waals surface area contributed by atoms with Gasteiger partial charge in [-0.1, -0.05) is 33.1 Å². The normalized spacial score (nSPS) is 15.6. The minimum absolute atomic E-state index is 0.227. The van der Waals surface area contributed by atoms with Crippen molar-refractivity contribution in [1.82, 2.24) is 0 Å². The number of alkyl halides is 3. The molecule has 0 spiro atoms. The van der Waals surface area contributed by atoms with Crippen LogP contribution in [-0.4, -0.2) is 36.5 Å². The van der Waals surface area contributed by atoms with Crippen LogP contribution in [0, 0.1) is 5.92 Å². The fraction of sp³-hybridized carbons (Fsp3) is 0.923. The number of rotatable bonds is 9. The van der Waals surface area contributed by atoms with Gasteiger partial charge in [-0.2, -0.15) is 21.6 Å². The molecule has 0 bridgehead atoms. The van der Waals surface area contributed by atoms with Crippen molar-refractivity contribution in [3.05, 3.63) is 0 Å². The minimum atomic E-state index is -5.10. The standard InChI is InChI=1S/C13H23F3O5S/c1-10(2)7-5-4-6-8-11(17)21-12(3,13(14,15)16)9-22(18,19)20/h10H,4-9H2,1-3H3,(H,18,19,20). The molecule has 1 N–H and O–H groups in total. The summed E-state index contributed by atoms with van der Waals surface area (Å²) >= 11 is 0. The number of carbonyl (C=O) groups excluding carboxylic acids is 1. The molecule has 1 unspecified atom stereocenters. The zero-order valence-corrected chi connectivity index (χ0v) is 13.8. The maximum absolute atomic E-state index is 12.9. The number of halogens is 3. The second-order valence-electron chi connectivity index (χ2n) is 5.92. The molecule has 0 saturated carbocycles. The highest BCUT2D eigenvalue weighted by Gasteiger charge is 2.56. The summed E-state index contributed by atoms with van der Waals surface area (Å²) in [5.41, 5.74) is -3.25. The first kappa shape index (κ1) is 21.2. The van der Waals surface area contributed by atoms with E-state index in [1.54, 1.807) is 0 Å². The zero-order valence-electron chi connectivity index (χ0n) is 12.9. The van der Waals surface area contributed by atoms with Crippen LogP contribution >= 0.6 is 0 Å². The molecule has 0 aliphatic rings. The lowest BCUT2D eigenvalue weighted by atomic mass is 10.0. The van der Waals surface area contributed by atoms with Crippen molar-refractivity contribution in [3.63, 3.8) is 0 Å². The van der Waals surface area contributed by atoms with Crippen LogP contribution in [0.3, 0.4) is 0 Å². The number of hydrogen-bond acceptors (Lipinski definition) is 4. The van der Waals surface area contributed by atoms with E-state index in [2.05, 4.69) is 4.74 Å². The molecule has 1 atom stereocenters. The van der Waals surface area contributed by atoms with Crippen molar-refractivity contribution in [2.24, 2.45) is 5.92 Å². The minimum Gasteiger partial charge on any atom is -0.448 e. The molecular weight excluding hydrogens is 325 g/mol. The van der Waals surface area contributed by atoms with Gasteiger partial charge in [0.1, 0.15) is 5.75 Å². The highest BCUT2D eigenvalue weighted by molar-refractivity contribution is 7.85. The highest BCUT2D eigenvalue weighted by atomic mass is 32.2. The van der Waals surface area contributed by atoms with Crippen LogP contribution in [-0.2, 0) is 19.6 Å². The van der Waals surface area contributed by atoms with Gasteiger partial charge in [0.15, 0.2) is 0 Å². The molecule has 0 aromatic heterocycles. The molecule has 22 heavy (non-hydrogen) atoms. The lowest BCUT2D eigenvalue weighted by molar-refractivity contribution is -0.256. The molecule has 0 aliphatic heterocycles. The largest absolute Gasteiger partial charge is 0.448 e. The van der Waals surface area contributed by atoms with Gasteiger partial charge in [0, 0.05) is 6.42 Å². The van der Waals surface area contributed by atoms with E-state index in [0.29, 0.717) is 25.7 Å². The van der Waals surface area contributed by atoms with E-state index in [1.165, 1.54) is 0 Å². The number of ether oxygens (including phenoxy) is 1. The van der Waals surface area contributed by atoms with Gasteiger partial charge < -0.3 is 4.74 Å². The average molecular weight is 348 g/mol. The fourth-order valence-corrected chi connectivity index (χ4v) is 2.74. The van der Waals surface area contributed by atoms with Crippen molar-refractivity contribution in [2.75, 3.05) is 5.75 Å². The number of hydrogen-bond donors (Lipinski definition) is 1. The zero-order chi connectivity index (χ0) is 17.6. The Labute approximate surface area is 129 Å². The molecule has 0 rings (SSSR count). The third kappa shape index (κ3) is 8.57. The van der Waals surface area contributed by atoms with Crippen molar-refractivity contribution in [2.45, 2.75) is 64.7 Å². The van der Waals surface area contributed by atoms with E-state index in [0.717, 1.165) is 12.8 Å². The molecular formula is C13H23F3O5S. The first-order chi connectivity index (χ1) is 9.77. The molecule has 0 heterocycles. The molecule has 132 valence electrons. The predicted molar refractivity (Wildman–Crippen MR) is 74.9 cm³/mol. The average Bonchev–Trinajstić information content (AvgIpc) is 2.23. The van der Waals surface area contributed by atoms with Crippen LogP contribution in [0.5, 0.6) is 0 Å². The van der Waals surface area contributed by atoms with Gasteiger partial charge in [-0.25, -0.2) is 0 Å². The molecule has 0 amide bonds. The second-order valence-corrected chi connectivity index (χ2v) is 7.37. The topological polar surface area (TPSA) is 80.7 Å². The van der Waals surface area contributed by atoms with Gasteiger partial charge >= 0.3 is 12.1 Å². The van der Waals surface area contributed by atoms with Gasteiger partial charge in [-0.15, -0.1) is 0 Å². The van der Waals surface area contributed by atoms with Gasteiger partial charge in [0.25, 0.3) is 10.1 Å².